The Bertz CT molecular complexity index is 221. The summed E-state index contributed by atoms with van der Waals surface area (Å²) in [6.45, 7) is 9.06. The maximum absolute atomic E-state index is 4.31. The summed E-state index contributed by atoms with van der Waals surface area (Å²) >= 11 is 13.2. The molecule has 0 saturated carbocycles. The molecule has 2 fully saturated rings. The Morgan fingerprint density at radius 1 is 0.696 bits per heavy atom. The first-order chi connectivity index (χ1) is 10.9. The van der Waals surface area contributed by atoms with Gasteiger partial charge in [0.05, 0.1) is 0 Å². The van der Waals surface area contributed by atoms with Crippen molar-refractivity contribution in [1.82, 2.24) is 0 Å². The van der Waals surface area contributed by atoms with E-state index < -0.39 is 7.84 Å². The Hall–Kier alpha value is 2.53. The normalized spacial score (nSPS) is 20.8. The molecule has 0 spiro atoms. The van der Waals surface area contributed by atoms with Crippen molar-refractivity contribution in [2.24, 2.45) is 11.8 Å². The van der Waals surface area contributed by atoms with Crippen LogP contribution in [0, 0.1) is 11.8 Å². The molecule has 23 heavy (non-hydrogen) atoms. The van der Waals surface area contributed by atoms with Gasteiger partial charge in [-0.3, -0.25) is 0 Å². The van der Waals surface area contributed by atoms with Crippen LogP contribution in [0.5, 0.6) is 0 Å². The van der Waals surface area contributed by atoms with Crippen molar-refractivity contribution in [3.8, 4) is 0 Å². The molecule has 7 heteroatoms. The molecule has 2 rings (SSSR count). The minimum absolute atomic E-state index is 1.01. The zero-order valence-corrected chi connectivity index (χ0v) is 23.0. The van der Waals surface area contributed by atoms with E-state index in [-0.39, 0.29) is 0 Å². The number of halogens is 4. The van der Waals surface area contributed by atoms with Crippen LogP contribution in [-0.4, -0.2) is 26.2 Å². The predicted octanol–water partition coefficient (Wildman–Crippen LogP) is 8.52. The summed E-state index contributed by atoms with van der Waals surface area (Å²) in [5, 5.41) is 8.62. The van der Waals surface area contributed by atoms with Crippen LogP contribution in [0.1, 0.15) is 65.2 Å². The van der Waals surface area contributed by atoms with Crippen LogP contribution >= 0.6 is 53.2 Å². The maximum atomic E-state index is 4.31. The summed E-state index contributed by atoms with van der Waals surface area (Å²) in [4.78, 5) is 0. The molecule has 2 nitrogen and oxygen atoms in total. The van der Waals surface area contributed by atoms with E-state index in [0.717, 1.165) is 38.0 Å². The molecule has 0 aliphatic carbocycles. The molecule has 0 aromatic heterocycles. The molecule has 0 radical (unpaired) electrons. The van der Waals surface area contributed by atoms with Crippen molar-refractivity contribution in [3.63, 3.8) is 0 Å². The van der Waals surface area contributed by atoms with Crippen molar-refractivity contribution in [2.45, 2.75) is 65.2 Å². The molecule has 0 bridgehead atoms. The van der Waals surface area contributed by atoms with Crippen LogP contribution in [0.25, 0.3) is 10.6 Å². The average molecular weight is 767 g/mol. The van der Waals surface area contributed by atoms with Crippen molar-refractivity contribution >= 4 is 53.2 Å². The standard InChI is InChI=1S/2C8H16N.4BrH.Pt/c2*1-2-3-8-4-6-9-7-5-8;;;;;/h2*8H,2-7H2,1H3;4*1H;/q2*-1;;;;;+6/p-4. The molecule has 2 heterocycles. The first-order valence-corrected chi connectivity index (χ1v) is 28.5. The first kappa shape index (κ1) is 25.5. The SMILES string of the molecule is CCCC1CC[N-]CC1.CCCC1CC[N-]CC1.[Br][Pt+2]([Br])([Br])[Br]. The molecule has 2 aliphatic rings. The third-order valence-corrected chi connectivity index (χ3v) is 4.18. The molecular weight excluding hydrogens is 735 g/mol. The van der Waals surface area contributed by atoms with E-state index in [9.17, 15) is 0 Å². The van der Waals surface area contributed by atoms with E-state index in [1.165, 1.54) is 51.4 Å². The third kappa shape index (κ3) is 20.7. The molecule has 0 aromatic carbocycles. The molecule has 0 amide bonds. The van der Waals surface area contributed by atoms with Crippen molar-refractivity contribution in [1.29, 1.82) is 0 Å². The molecular formula is C16H32Br4N2Pt. The van der Waals surface area contributed by atoms with Gasteiger partial charge in [-0.25, -0.2) is 0 Å². The van der Waals surface area contributed by atoms with Crippen LogP contribution < -0.4 is 0 Å². The van der Waals surface area contributed by atoms with Gasteiger partial charge in [-0.15, -0.1) is 26.2 Å². The quantitative estimate of drug-likeness (QED) is 0.275. The van der Waals surface area contributed by atoms with Gasteiger partial charge < -0.3 is 10.6 Å². The van der Waals surface area contributed by atoms with Crippen LogP contribution in [0.3, 0.4) is 0 Å². The summed E-state index contributed by atoms with van der Waals surface area (Å²) in [5.41, 5.74) is 0. The van der Waals surface area contributed by atoms with Gasteiger partial charge in [0.15, 0.2) is 0 Å². The third-order valence-electron chi connectivity index (χ3n) is 4.18. The second-order valence-corrected chi connectivity index (χ2v) is 65.7. The number of hydrogen-bond donors (Lipinski definition) is 0. The number of rotatable bonds is 4. The van der Waals surface area contributed by atoms with E-state index in [0.29, 0.717) is 0 Å². The molecule has 2 aliphatic heterocycles. The Morgan fingerprint density at radius 2 is 0.957 bits per heavy atom. The molecule has 0 unspecified atom stereocenters. The molecule has 0 aromatic rings. The van der Waals surface area contributed by atoms with Crippen LogP contribution in [0.2, 0.25) is 0 Å². The van der Waals surface area contributed by atoms with E-state index >= 15 is 0 Å². The van der Waals surface area contributed by atoms with Gasteiger partial charge >= 0.3 is 61.0 Å². The van der Waals surface area contributed by atoms with Crippen LogP contribution in [0.4, 0.5) is 0 Å². The van der Waals surface area contributed by atoms with Gasteiger partial charge in [-0.1, -0.05) is 65.2 Å². The minimum atomic E-state index is -1.69. The fourth-order valence-electron chi connectivity index (χ4n) is 3.00. The van der Waals surface area contributed by atoms with E-state index in [1.54, 1.807) is 0 Å². The van der Waals surface area contributed by atoms with Gasteiger partial charge in [0.2, 0.25) is 0 Å². The molecule has 144 valence electrons. The zero-order valence-electron chi connectivity index (χ0n) is 14.4. The summed E-state index contributed by atoms with van der Waals surface area (Å²) in [6, 6.07) is 0. The summed E-state index contributed by atoms with van der Waals surface area (Å²) < 4.78 is 0. The Kier molecular flexibility index (Phi) is 18.5. The second kappa shape index (κ2) is 16.7. The first-order valence-electron chi connectivity index (χ1n) is 8.61. The Labute approximate surface area is 173 Å². The van der Waals surface area contributed by atoms with Crippen molar-refractivity contribution in [2.75, 3.05) is 26.2 Å². The average Bonchev–Trinajstić information content (AvgIpc) is 2.49. The van der Waals surface area contributed by atoms with E-state index in [2.05, 4.69) is 77.7 Å². The van der Waals surface area contributed by atoms with Crippen molar-refractivity contribution in [3.05, 3.63) is 10.6 Å². The molecule has 0 atom stereocenters. The van der Waals surface area contributed by atoms with E-state index in [4.69, 9.17) is 0 Å². The fraction of sp³-hybridized carbons (Fsp3) is 1.00. The second-order valence-electron chi connectivity index (χ2n) is 6.08. The number of piperidine rings is 2. The van der Waals surface area contributed by atoms with Crippen molar-refractivity contribution < 1.29 is 7.84 Å². The topological polar surface area (TPSA) is 28.2 Å². The number of hydrogen-bond acceptors (Lipinski definition) is 0. The van der Waals surface area contributed by atoms with Gasteiger partial charge in [-0.2, -0.15) is 0 Å². The Morgan fingerprint density at radius 3 is 1.17 bits per heavy atom. The summed E-state index contributed by atoms with van der Waals surface area (Å²) in [7, 11) is -1.69. The van der Waals surface area contributed by atoms with Gasteiger partial charge in [0.25, 0.3) is 0 Å². The fourth-order valence-corrected chi connectivity index (χ4v) is 3.00. The summed E-state index contributed by atoms with van der Waals surface area (Å²) in [5.74, 6) is 2.01. The van der Waals surface area contributed by atoms with Crippen LogP contribution in [0.15, 0.2) is 0 Å². The molecule has 0 N–H and O–H groups in total. The Balaban J connectivity index is 0.000000332. The van der Waals surface area contributed by atoms with Crippen LogP contribution in [-0.2, 0) is 7.84 Å². The number of nitrogens with zero attached hydrogens (tertiary/aromatic N) is 2. The van der Waals surface area contributed by atoms with Gasteiger partial charge in [0.1, 0.15) is 0 Å². The van der Waals surface area contributed by atoms with E-state index in [1.807, 2.05) is 0 Å². The predicted molar refractivity (Wildman–Crippen MR) is 117 cm³/mol. The summed E-state index contributed by atoms with van der Waals surface area (Å²) in [6.07, 6.45) is 11.0. The van der Waals surface area contributed by atoms with Gasteiger partial charge in [0, 0.05) is 0 Å². The molecule has 2 saturated heterocycles. The zero-order chi connectivity index (χ0) is 17.6. The monoisotopic (exact) mass is 763 g/mol. The van der Waals surface area contributed by atoms with Gasteiger partial charge in [-0.05, 0) is 11.8 Å².